The molecule has 1 fully saturated rings. The van der Waals surface area contributed by atoms with Crippen molar-refractivity contribution in [3.63, 3.8) is 0 Å². The van der Waals surface area contributed by atoms with Crippen molar-refractivity contribution in [3.8, 4) is 11.5 Å². The third-order valence-corrected chi connectivity index (χ3v) is 9.02. The zero-order chi connectivity index (χ0) is 31.4. The van der Waals surface area contributed by atoms with E-state index in [0.717, 1.165) is 37.7 Å². The maximum Gasteiger partial charge on any atom is 0.387 e. The SMILES string of the molecule is CCCCCN[C@@H](Cc1ccc(OP(=O)(O)CC(=O)O)cc1)C(=O)C(C)c1ccc(OCC2CCCCC2)c(C(N)=O)c1. The molecule has 3 atom stereocenters. The van der Waals surface area contributed by atoms with Crippen molar-refractivity contribution in [2.45, 2.75) is 83.6 Å². The molecular weight excluding hydrogens is 571 g/mol. The van der Waals surface area contributed by atoms with E-state index in [2.05, 4.69) is 12.2 Å². The summed E-state index contributed by atoms with van der Waals surface area (Å²) in [6.07, 6.45) is 8.20. The van der Waals surface area contributed by atoms with Crippen LogP contribution in [0.1, 0.15) is 92.6 Å². The average molecular weight is 617 g/mol. The molecule has 1 saturated carbocycles. The monoisotopic (exact) mass is 616 g/mol. The van der Waals surface area contributed by atoms with Gasteiger partial charge in [0.05, 0.1) is 18.2 Å². The fourth-order valence-corrected chi connectivity index (χ4v) is 6.24. The molecule has 1 aliphatic rings. The van der Waals surface area contributed by atoms with E-state index >= 15 is 0 Å². The van der Waals surface area contributed by atoms with Gasteiger partial charge in [0.25, 0.3) is 5.91 Å². The molecule has 236 valence electrons. The summed E-state index contributed by atoms with van der Waals surface area (Å²) < 4.78 is 23.0. The fraction of sp³-hybridized carbons (Fsp3) is 0.531. The summed E-state index contributed by atoms with van der Waals surface area (Å²) in [5.41, 5.74) is 7.43. The van der Waals surface area contributed by atoms with E-state index in [0.29, 0.717) is 36.8 Å². The van der Waals surface area contributed by atoms with Gasteiger partial charge in [-0.3, -0.25) is 14.4 Å². The summed E-state index contributed by atoms with van der Waals surface area (Å²) >= 11 is 0. The predicted molar refractivity (Wildman–Crippen MR) is 165 cm³/mol. The topological polar surface area (TPSA) is 165 Å². The molecule has 10 nitrogen and oxygen atoms in total. The molecule has 2 aromatic carbocycles. The number of nitrogens with two attached hydrogens (primary N) is 1. The number of carboxylic acids is 1. The summed E-state index contributed by atoms with van der Waals surface area (Å²) in [5.74, 6) is -1.66. The lowest BCUT2D eigenvalue weighted by Gasteiger charge is -2.24. The Hall–Kier alpha value is -3.20. The number of rotatable bonds is 18. The van der Waals surface area contributed by atoms with Crippen molar-refractivity contribution >= 4 is 25.3 Å². The predicted octanol–water partition coefficient (Wildman–Crippen LogP) is 5.46. The lowest BCUT2D eigenvalue weighted by Crippen LogP contribution is -2.41. The highest BCUT2D eigenvalue weighted by atomic mass is 31.2. The molecule has 1 aliphatic carbocycles. The van der Waals surface area contributed by atoms with Gasteiger partial charge in [-0.05, 0) is 73.5 Å². The number of nitrogens with one attached hydrogen (secondary N) is 1. The van der Waals surface area contributed by atoms with Crippen LogP contribution in [0.25, 0.3) is 0 Å². The average Bonchev–Trinajstić information content (AvgIpc) is 2.97. The van der Waals surface area contributed by atoms with Gasteiger partial charge in [0.1, 0.15) is 11.5 Å². The maximum atomic E-state index is 13.8. The molecule has 43 heavy (non-hydrogen) atoms. The first-order valence-corrected chi connectivity index (χ1v) is 16.9. The van der Waals surface area contributed by atoms with Crippen LogP contribution in [-0.2, 0) is 20.6 Å². The van der Waals surface area contributed by atoms with Crippen molar-refractivity contribution in [2.75, 3.05) is 19.3 Å². The van der Waals surface area contributed by atoms with Crippen molar-refractivity contribution in [1.82, 2.24) is 5.32 Å². The molecular formula is C32H45N2O8P. The molecule has 5 N–H and O–H groups in total. The quantitative estimate of drug-likeness (QED) is 0.126. The number of Topliss-reactive ketones (excluding diaryl/α,β-unsaturated/α-hetero) is 1. The van der Waals surface area contributed by atoms with Crippen LogP contribution in [0.4, 0.5) is 0 Å². The smallest absolute Gasteiger partial charge is 0.387 e. The maximum absolute atomic E-state index is 13.8. The van der Waals surface area contributed by atoms with Crippen LogP contribution in [0.2, 0.25) is 0 Å². The Bertz CT molecular complexity index is 1280. The van der Waals surface area contributed by atoms with Gasteiger partial charge in [-0.1, -0.05) is 64.2 Å². The van der Waals surface area contributed by atoms with Crippen molar-refractivity contribution in [2.24, 2.45) is 11.7 Å². The van der Waals surface area contributed by atoms with E-state index in [1.807, 2.05) is 13.0 Å². The number of carboxylic acid groups (broad SMARTS) is 1. The second-order valence-corrected chi connectivity index (χ2v) is 13.2. The number of benzene rings is 2. The molecule has 0 saturated heterocycles. The molecule has 2 unspecified atom stereocenters. The number of ketones is 1. The van der Waals surface area contributed by atoms with E-state index in [1.54, 1.807) is 24.3 Å². The summed E-state index contributed by atoms with van der Waals surface area (Å²) in [4.78, 5) is 46.7. The number of aliphatic carboxylic acids is 1. The first kappa shape index (κ1) is 34.3. The molecule has 1 amide bonds. The third kappa shape index (κ3) is 11.1. The number of primary amides is 1. The van der Waals surface area contributed by atoms with Crippen LogP contribution >= 0.6 is 7.60 Å². The van der Waals surface area contributed by atoms with Gasteiger partial charge in [0.2, 0.25) is 0 Å². The summed E-state index contributed by atoms with van der Waals surface area (Å²) in [7, 11) is -4.33. The molecule has 0 aromatic heterocycles. The third-order valence-electron chi connectivity index (χ3n) is 7.86. The van der Waals surface area contributed by atoms with Crippen LogP contribution in [0.5, 0.6) is 11.5 Å². The van der Waals surface area contributed by atoms with Crippen LogP contribution in [0, 0.1) is 5.92 Å². The number of hydrogen-bond acceptors (Lipinski definition) is 7. The minimum Gasteiger partial charge on any atom is -0.492 e. The number of unbranched alkanes of at least 4 members (excludes halogenated alkanes) is 2. The molecule has 2 aromatic rings. The molecule has 3 rings (SSSR count). The highest BCUT2D eigenvalue weighted by molar-refractivity contribution is 7.54. The molecule has 0 heterocycles. The number of ether oxygens (including phenoxy) is 1. The molecule has 0 spiro atoms. The number of hydrogen-bond donors (Lipinski definition) is 4. The summed E-state index contributed by atoms with van der Waals surface area (Å²) in [6.45, 7) is 5.11. The Morgan fingerprint density at radius 1 is 1.07 bits per heavy atom. The molecule has 11 heteroatoms. The van der Waals surface area contributed by atoms with Crippen LogP contribution in [0.3, 0.4) is 0 Å². The Morgan fingerprint density at radius 3 is 2.40 bits per heavy atom. The van der Waals surface area contributed by atoms with E-state index in [4.69, 9.17) is 20.1 Å². The van der Waals surface area contributed by atoms with Crippen molar-refractivity contribution in [3.05, 3.63) is 59.2 Å². The van der Waals surface area contributed by atoms with Gasteiger partial charge in [0, 0.05) is 5.92 Å². The first-order chi connectivity index (χ1) is 20.5. The first-order valence-electron chi connectivity index (χ1n) is 15.1. The van der Waals surface area contributed by atoms with Crippen molar-refractivity contribution in [1.29, 1.82) is 0 Å². The fourth-order valence-electron chi connectivity index (χ4n) is 5.38. The van der Waals surface area contributed by atoms with Gasteiger partial charge in [-0.15, -0.1) is 0 Å². The Morgan fingerprint density at radius 2 is 1.77 bits per heavy atom. The van der Waals surface area contributed by atoms with E-state index in [-0.39, 0.29) is 17.1 Å². The van der Waals surface area contributed by atoms with E-state index in [1.165, 1.54) is 31.4 Å². The number of carbonyl (C=O) groups excluding carboxylic acids is 2. The van der Waals surface area contributed by atoms with E-state index in [9.17, 15) is 23.8 Å². The summed E-state index contributed by atoms with van der Waals surface area (Å²) in [5, 5.41) is 12.2. The van der Waals surface area contributed by atoms with Gasteiger partial charge in [0.15, 0.2) is 11.9 Å². The second kappa shape index (κ2) is 16.6. The van der Waals surface area contributed by atoms with E-state index < -0.39 is 37.6 Å². The number of amides is 1. The summed E-state index contributed by atoms with van der Waals surface area (Å²) in [6, 6.07) is 11.0. The Labute approximate surface area is 253 Å². The van der Waals surface area contributed by atoms with Gasteiger partial charge < -0.3 is 30.3 Å². The highest BCUT2D eigenvalue weighted by Crippen LogP contribution is 2.42. The van der Waals surface area contributed by atoms with Gasteiger partial charge in [-0.25, -0.2) is 4.57 Å². The zero-order valence-corrected chi connectivity index (χ0v) is 26.0. The van der Waals surface area contributed by atoms with Gasteiger partial charge >= 0.3 is 13.6 Å². The Kier molecular flexibility index (Phi) is 13.2. The normalized spacial score (nSPS) is 16.5. The number of carbonyl (C=O) groups is 3. The molecule has 0 radical (unpaired) electrons. The highest BCUT2D eigenvalue weighted by Gasteiger charge is 2.28. The van der Waals surface area contributed by atoms with Crippen LogP contribution in [-0.4, -0.2) is 53.0 Å². The largest absolute Gasteiger partial charge is 0.492 e. The molecule has 0 bridgehead atoms. The van der Waals surface area contributed by atoms with Crippen molar-refractivity contribution < 1.29 is 38.2 Å². The Balaban J connectivity index is 1.74. The standard InChI is InChI=1S/C32H45N2O8P/c1-3-4-8-17-34-28(18-23-11-14-26(15-12-23)42-43(39,40)21-30(35)36)31(37)22(2)25-13-16-29(27(19-25)32(33)38)41-20-24-9-6-5-7-10-24/h11-16,19,22,24,28,34H,3-10,17-18,20-21H2,1-2H3,(H2,33,38)(H,35,36)(H,39,40)/t22?,28-/m0/s1. The van der Waals surface area contributed by atoms with Crippen LogP contribution in [0.15, 0.2) is 42.5 Å². The minimum absolute atomic E-state index is 0.0514. The van der Waals surface area contributed by atoms with Crippen LogP contribution < -0.4 is 20.3 Å². The lowest BCUT2D eigenvalue weighted by atomic mass is 9.88. The molecule has 0 aliphatic heterocycles. The van der Waals surface area contributed by atoms with Gasteiger partial charge in [-0.2, -0.15) is 0 Å². The minimum atomic E-state index is -4.33. The lowest BCUT2D eigenvalue weighted by molar-refractivity contribution is -0.134. The zero-order valence-electron chi connectivity index (χ0n) is 25.1. The second-order valence-electron chi connectivity index (χ2n) is 11.4.